The molecule has 0 amide bonds. The van der Waals surface area contributed by atoms with Crippen molar-refractivity contribution in [3.63, 3.8) is 0 Å². The molecule has 0 bridgehead atoms. The average Bonchev–Trinajstić information content (AvgIpc) is 2.34. The van der Waals surface area contributed by atoms with Crippen molar-refractivity contribution in [3.05, 3.63) is 23.8 Å². The molecule has 0 fully saturated rings. The number of Topliss-reactive ketones (excluding diaryl/α,β-unsaturated/α-hetero) is 1. The molecule has 1 aromatic rings. The number of hydrogen-bond acceptors (Lipinski definition) is 5. The molecule has 0 aromatic heterocycles. The van der Waals surface area contributed by atoms with Gasteiger partial charge in [-0.05, 0) is 17.7 Å². The molecule has 112 valence electrons. The number of carbonyl (C=O) groups excluding carboxylic acids is 1. The van der Waals surface area contributed by atoms with Crippen molar-refractivity contribution in [2.24, 2.45) is 0 Å². The van der Waals surface area contributed by atoms with Crippen LogP contribution in [0.15, 0.2) is 28.0 Å². The summed E-state index contributed by atoms with van der Waals surface area (Å²) in [5.74, 6) is -0.680. The van der Waals surface area contributed by atoms with Gasteiger partial charge in [0.05, 0.1) is 9.79 Å². The predicted molar refractivity (Wildman–Crippen MR) is 76.4 cm³/mol. The molecule has 1 unspecified atom stereocenters. The van der Waals surface area contributed by atoms with E-state index in [1.165, 1.54) is 12.1 Å². The Hall–Kier alpha value is -1.21. The molecular formula is C13H18O5S2. The maximum atomic E-state index is 11.8. The number of carbonyl (C=O) groups is 1. The SMILES string of the molecule is CCC(=O)C(C)c1ccc(S(C)(=O)=O)cc1S(C)(=O)=O. The van der Waals surface area contributed by atoms with Crippen molar-refractivity contribution in [1.82, 2.24) is 0 Å². The van der Waals surface area contributed by atoms with Gasteiger partial charge in [-0.1, -0.05) is 19.9 Å². The van der Waals surface area contributed by atoms with E-state index >= 15 is 0 Å². The van der Waals surface area contributed by atoms with Gasteiger partial charge in [-0.25, -0.2) is 16.8 Å². The minimum atomic E-state index is -3.62. The van der Waals surface area contributed by atoms with E-state index in [9.17, 15) is 21.6 Å². The second kappa shape index (κ2) is 5.65. The Morgan fingerprint density at radius 3 is 2.05 bits per heavy atom. The summed E-state index contributed by atoms with van der Waals surface area (Å²) in [6.07, 6.45) is 2.30. The highest BCUT2D eigenvalue weighted by Crippen LogP contribution is 2.28. The Labute approximate surface area is 119 Å². The lowest BCUT2D eigenvalue weighted by molar-refractivity contribution is -0.119. The summed E-state index contributed by atoms with van der Waals surface area (Å²) in [5.41, 5.74) is 0.340. The Morgan fingerprint density at radius 1 is 1.10 bits per heavy atom. The number of rotatable bonds is 5. The third-order valence-electron chi connectivity index (χ3n) is 3.11. The van der Waals surface area contributed by atoms with Gasteiger partial charge in [-0.15, -0.1) is 0 Å². The minimum Gasteiger partial charge on any atom is -0.299 e. The standard InChI is InChI=1S/C13H18O5S2/c1-5-12(14)9(2)11-7-6-10(19(3,15)16)8-13(11)20(4,17)18/h6-9H,5H2,1-4H3. The van der Waals surface area contributed by atoms with E-state index in [2.05, 4.69) is 0 Å². The van der Waals surface area contributed by atoms with Crippen LogP contribution in [-0.2, 0) is 24.5 Å². The first kappa shape index (κ1) is 16.8. The third kappa shape index (κ3) is 3.67. The lowest BCUT2D eigenvalue weighted by atomic mass is 9.95. The average molecular weight is 318 g/mol. The van der Waals surface area contributed by atoms with Crippen LogP contribution in [0.5, 0.6) is 0 Å². The van der Waals surface area contributed by atoms with Crippen LogP contribution in [0.3, 0.4) is 0 Å². The summed E-state index contributed by atoms with van der Waals surface area (Å²) in [7, 11) is -7.12. The predicted octanol–water partition coefficient (Wildman–Crippen LogP) is 1.58. The van der Waals surface area contributed by atoms with Crippen molar-refractivity contribution in [1.29, 1.82) is 0 Å². The summed E-state index contributed by atoms with van der Waals surface area (Å²) < 4.78 is 46.7. The molecule has 0 heterocycles. The van der Waals surface area contributed by atoms with E-state index in [1.54, 1.807) is 13.8 Å². The zero-order valence-corrected chi connectivity index (χ0v) is 13.5. The fraction of sp³-hybridized carbons (Fsp3) is 0.462. The van der Waals surface area contributed by atoms with Crippen LogP contribution in [-0.4, -0.2) is 35.1 Å². The summed E-state index contributed by atoms with van der Waals surface area (Å²) >= 11 is 0. The lowest BCUT2D eigenvalue weighted by Crippen LogP contribution is -2.13. The molecule has 20 heavy (non-hydrogen) atoms. The maximum Gasteiger partial charge on any atom is 0.175 e. The fourth-order valence-electron chi connectivity index (χ4n) is 1.90. The maximum absolute atomic E-state index is 11.8. The highest BCUT2D eigenvalue weighted by atomic mass is 32.2. The van der Waals surface area contributed by atoms with Crippen LogP contribution in [0.2, 0.25) is 0 Å². The van der Waals surface area contributed by atoms with E-state index in [1.807, 2.05) is 0 Å². The number of benzene rings is 1. The molecule has 1 atom stereocenters. The van der Waals surface area contributed by atoms with E-state index < -0.39 is 25.6 Å². The van der Waals surface area contributed by atoms with Gasteiger partial charge in [-0.3, -0.25) is 4.79 Å². The quantitative estimate of drug-likeness (QED) is 0.822. The molecule has 0 saturated carbocycles. The van der Waals surface area contributed by atoms with Gasteiger partial charge < -0.3 is 0 Å². The first-order chi connectivity index (χ1) is 8.98. The summed E-state index contributed by atoms with van der Waals surface area (Å²) in [6.45, 7) is 3.32. The zero-order valence-electron chi connectivity index (χ0n) is 11.9. The molecule has 0 aliphatic heterocycles. The molecule has 0 radical (unpaired) electrons. The van der Waals surface area contributed by atoms with E-state index in [4.69, 9.17) is 0 Å². The molecule has 0 N–H and O–H groups in total. The molecule has 1 aromatic carbocycles. The van der Waals surface area contributed by atoms with Crippen LogP contribution in [0.1, 0.15) is 31.7 Å². The minimum absolute atomic E-state index is 0.0715. The zero-order chi connectivity index (χ0) is 15.7. The number of hydrogen-bond donors (Lipinski definition) is 0. The molecule has 0 aliphatic carbocycles. The first-order valence-corrected chi connectivity index (χ1v) is 9.83. The summed E-state index contributed by atoms with van der Waals surface area (Å²) in [5, 5.41) is 0. The van der Waals surface area contributed by atoms with Gasteiger partial charge in [0.2, 0.25) is 0 Å². The second-order valence-corrected chi connectivity index (χ2v) is 8.79. The monoisotopic (exact) mass is 318 g/mol. The highest BCUT2D eigenvalue weighted by molar-refractivity contribution is 7.91. The first-order valence-electron chi connectivity index (χ1n) is 6.05. The number of sulfone groups is 2. The van der Waals surface area contributed by atoms with E-state index in [0.29, 0.717) is 5.56 Å². The van der Waals surface area contributed by atoms with Crippen molar-refractivity contribution >= 4 is 25.5 Å². The summed E-state index contributed by atoms with van der Waals surface area (Å²) in [4.78, 5) is 11.6. The van der Waals surface area contributed by atoms with Crippen molar-refractivity contribution in [2.45, 2.75) is 36.0 Å². The normalized spacial score (nSPS) is 14.0. The lowest BCUT2D eigenvalue weighted by Gasteiger charge is -2.15. The van der Waals surface area contributed by atoms with Gasteiger partial charge >= 0.3 is 0 Å². The van der Waals surface area contributed by atoms with Crippen molar-refractivity contribution < 1.29 is 21.6 Å². The molecule has 0 saturated heterocycles. The Kier molecular flexibility index (Phi) is 4.76. The van der Waals surface area contributed by atoms with Crippen LogP contribution < -0.4 is 0 Å². The number of ketones is 1. The van der Waals surface area contributed by atoms with Crippen LogP contribution in [0.25, 0.3) is 0 Å². The van der Waals surface area contributed by atoms with Gasteiger partial charge in [0.1, 0.15) is 5.78 Å². The molecule has 0 spiro atoms. The van der Waals surface area contributed by atoms with Crippen LogP contribution >= 0.6 is 0 Å². The Bertz CT molecular complexity index is 730. The third-order valence-corrected chi connectivity index (χ3v) is 5.37. The molecule has 7 heteroatoms. The van der Waals surface area contributed by atoms with Crippen LogP contribution in [0, 0.1) is 0 Å². The van der Waals surface area contributed by atoms with Crippen molar-refractivity contribution in [2.75, 3.05) is 12.5 Å². The summed E-state index contributed by atoms with van der Waals surface area (Å²) in [6, 6.07) is 3.86. The van der Waals surface area contributed by atoms with Gasteiger partial charge in [-0.2, -0.15) is 0 Å². The molecule has 5 nitrogen and oxygen atoms in total. The topological polar surface area (TPSA) is 85.3 Å². The molecule has 1 rings (SSSR count). The fourth-order valence-corrected chi connectivity index (χ4v) is 3.64. The largest absolute Gasteiger partial charge is 0.299 e. The van der Waals surface area contributed by atoms with E-state index in [0.717, 1.165) is 18.6 Å². The van der Waals surface area contributed by atoms with Crippen molar-refractivity contribution in [3.8, 4) is 0 Å². The Morgan fingerprint density at radius 2 is 1.65 bits per heavy atom. The smallest absolute Gasteiger partial charge is 0.175 e. The van der Waals surface area contributed by atoms with Gasteiger partial charge in [0.25, 0.3) is 0 Å². The molecule has 0 aliphatic rings. The highest BCUT2D eigenvalue weighted by Gasteiger charge is 2.23. The Balaban J connectivity index is 3.60. The van der Waals surface area contributed by atoms with Gasteiger partial charge in [0, 0.05) is 24.9 Å². The van der Waals surface area contributed by atoms with Gasteiger partial charge in [0.15, 0.2) is 19.7 Å². The second-order valence-electron chi connectivity index (χ2n) is 4.79. The molecular weight excluding hydrogens is 300 g/mol. The van der Waals surface area contributed by atoms with Crippen LogP contribution in [0.4, 0.5) is 0 Å². The van der Waals surface area contributed by atoms with E-state index in [-0.39, 0.29) is 22.0 Å².